The molecular weight excluding hydrogens is 284 g/mol. The number of nitrogens with zero attached hydrogens (tertiary/aromatic N) is 3. The summed E-state index contributed by atoms with van der Waals surface area (Å²) in [5, 5.41) is 6.44. The molecule has 1 N–H and O–H groups in total. The molecule has 7 nitrogen and oxygen atoms in total. The van der Waals surface area contributed by atoms with E-state index in [1.165, 1.54) is 0 Å². The predicted molar refractivity (Wildman–Crippen MR) is 80.2 cm³/mol. The van der Waals surface area contributed by atoms with Gasteiger partial charge in [-0.1, -0.05) is 12.1 Å². The first-order valence-electron chi connectivity index (χ1n) is 7.83. The summed E-state index contributed by atoms with van der Waals surface area (Å²) in [6, 6.07) is 1.67. The Labute approximate surface area is 129 Å². The van der Waals surface area contributed by atoms with Crippen LogP contribution in [0.1, 0.15) is 19.1 Å². The number of nitrogens with one attached hydrogen (secondary N) is 1. The normalized spacial score (nSPS) is 25.1. The summed E-state index contributed by atoms with van der Waals surface area (Å²) < 4.78 is 4.91. The first kappa shape index (κ1) is 15.0. The van der Waals surface area contributed by atoms with Crippen molar-refractivity contribution in [3.8, 4) is 0 Å². The van der Waals surface area contributed by atoms with Crippen LogP contribution in [0.4, 0.5) is 5.82 Å². The van der Waals surface area contributed by atoms with Crippen molar-refractivity contribution in [3.05, 3.63) is 11.8 Å². The van der Waals surface area contributed by atoms with E-state index in [0.717, 1.165) is 32.7 Å². The molecule has 1 aromatic heterocycles. The smallest absolute Gasteiger partial charge is 0.229 e. The van der Waals surface area contributed by atoms with Gasteiger partial charge in [-0.05, 0) is 19.9 Å². The van der Waals surface area contributed by atoms with Gasteiger partial charge in [0.25, 0.3) is 0 Å². The van der Waals surface area contributed by atoms with Crippen molar-refractivity contribution >= 4 is 17.6 Å². The van der Waals surface area contributed by atoms with Gasteiger partial charge in [0, 0.05) is 32.2 Å². The molecule has 2 unspecified atom stereocenters. The number of likely N-dealkylation sites (N-methyl/N-ethyl adjacent to an activating group) is 1. The Morgan fingerprint density at radius 1 is 1.32 bits per heavy atom. The summed E-state index contributed by atoms with van der Waals surface area (Å²) in [5.74, 6) is 0.644. The van der Waals surface area contributed by atoms with Crippen molar-refractivity contribution in [1.82, 2.24) is 15.0 Å². The third-order valence-electron chi connectivity index (χ3n) is 4.45. The van der Waals surface area contributed by atoms with Gasteiger partial charge in [0.15, 0.2) is 5.82 Å². The molecule has 1 aliphatic carbocycles. The van der Waals surface area contributed by atoms with Crippen LogP contribution in [0.3, 0.4) is 0 Å². The van der Waals surface area contributed by atoms with Crippen LogP contribution in [0.5, 0.6) is 0 Å². The van der Waals surface area contributed by atoms with E-state index >= 15 is 0 Å². The maximum atomic E-state index is 12.4. The number of hydrogen-bond acceptors (Lipinski definition) is 5. The Balaban J connectivity index is 1.49. The fourth-order valence-corrected chi connectivity index (χ4v) is 2.92. The Morgan fingerprint density at radius 3 is 2.64 bits per heavy atom. The van der Waals surface area contributed by atoms with Crippen LogP contribution in [0, 0.1) is 18.8 Å². The zero-order valence-electron chi connectivity index (χ0n) is 13.0. The van der Waals surface area contributed by atoms with Gasteiger partial charge in [0.1, 0.15) is 5.76 Å². The maximum Gasteiger partial charge on any atom is 0.229 e. The zero-order valence-corrected chi connectivity index (χ0v) is 13.0. The minimum absolute atomic E-state index is 0.118. The lowest BCUT2D eigenvalue weighted by Gasteiger charge is -2.34. The van der Waals surface area contributed by atoms with Gasteiger partial charge in [-0.2, -0.15) is 0 Å². The van der Waals surface area contributed by atoms with E-state index in [-0.39, 0.29) is 23.7 Å². The van der Waals surface area contributed by atoms with Crippen molar-refractivity contribution < 1.29 is 14.1 Å². The van der Waals surface area contributed by atoms with Crippen molar-refractivity contribution in [3.63, 3.8) is 0 Å². The molecule has 0 aromatic carbocycles. The number of aromatic nitrogens is 1. The summed E-state index contributed by atoms with van der Waals surface area (Å²) in [5.41, 5.74) is 0. The third kappa shape index (κ3) is 3.14. The average Bonchev–Trinajstić information content (AvgIpc) is 3.24. The molecule has 2 atom stereocenters. The molecule has 0 spiro atoms. The van der Waals surface area contributed by atoms with Gasteiger partial charge in [-0.15, -0.1) is 0 Å². The molecule has 1 saturated carbocycles. The Bertz CT molecular complexity index is 563. The topological polar surface area (TPSA) is 78.7 Å². The van der Waals surface area contributed by atoms with Gasteiger partial charge in [-0.3, -0.25) is 9.59 Å². The molecule has 120 valence electrons. The van der Waals surface area contributed by atoms with Gasteiger partial charge < -0.3 is 19.6 Å². The summed E-state index contributed by atoms with van der Waals surface area (Å²) in [7, 11) is 0. The van der Waals surface area contributed by atoms with E-state index in [1.807, 2.05) is 4.90 Å². The molecule has 0 radical (unpaired) electrons. The summed E-state index contributed by atoms with van der Waals surface area (Å²) in [4.78, 5) is 28.7. The summed E-state index contributed by atoms with van der Waals surface area (Å²) in [6.45, 7) is 8.29. The van der Waals surface area contributed by atoms with E-state index in [1.54, 1.807) is 13.0 Å². The second kappa shape index (κ2) is 6.08. The van der Waals surface area contributed by atoms with Crippen LogP contribution in [-0.4, -0.2) is 59.5 Å². The Kier molecular flexibility index (Phi) is 4.15. The standard InChI is InChI=1S/C15H22N4O3/c1-3-18-4-6-19(7-5-18)15(21)12-9-11(12)14(20)16-13-8-10(2)22-17-13/h8,11-12H,3-7,9H2,1-2H3,(H,16,17,20). The van der Waals surface area contributed by atoms with E-state index in [4.69, 9.17) is 4.52 Å². The number of piperazine rings is 1. The van der Waals surface area contributed by atoms with Crippen molar-refractivity contribution in [2.24, 2.45) is 11.8 Å². The van der Waals surface area contributed by atoms with E-state index in [2.05, 4.69) is 22.3 Å². The van der Waals surface area contributed by atoms with Gasteiger partial charge in [-0.25, -0.2) is 0 Å². The summed E-state index contributed by atoms with van der Waals surface area (Å²) >= 11 is 0. The molecule has 1 aromatic rings. The monoisotopic (exact) mass is 306 g/mol. The average molecular weight is 306 g/mol. The molecule has 3 rings (SSSR count). The van der Waals surface area contributed by atoms with E-state index < -0.39 is 0 Å². The molecule has 2 amide bonds. The predicted octanol–water partition coefficient (Wildman–Crippen LogP) is 0.722. The van der Waals surface area contributed by atoms with Gasteiger partial charge in [0.2, 0.25) is 11.8 Å². The molecule has 2 fully saturated rings. The first-order valence-corrected chi connectivity index (χ1v) is 7.83. The molecule has 2 heterocycles. The van der Waals surface area contributed by atoms with Gasteiger partial charge in [0.05, 0.1) is 11.8 Å². The van der Waals surface area contributed by atoms with Crippen LogP contribution in [0.2, 0.25) is 0 Å². The van der Waals surface area contributed by atoms with Crippen molar-refractivity contribution in [1.29, 1.82) is 0 Å². The maximum absolute atomic E-state index is 12.4. The number of aryl methyl sites for hydroxylation is 1. The minimum Gasteiger partial charge on any atom is -0.360 e. The highest BCUT2D eigenvalue weighted by molar-refractivity contribution is 5.99. The highest BCUT2D eigenvalue weighted by Crippen LogP contribution is 2.41. The van der Waals surface area contributed by atoms with Crippen LogP contribution in [0.25, 0.3) is 0 Å². The number of anilines is 1. The molecule has 0 bridgehead atoms. The van der Waals surface area contributed by atoms with Gasteiger partial charge >= 0.3 is 0 Å². The zero-order chi connectivity index (χ0) is 15.7. The molecule has 1 saturated heterocycles. The Hall–Kier alpha value is -1.89. The highest BCUT2D eigenvalue weighted by Gasteiger charge is 2.49. The fraction of sp³-hybridized carbons (Fsp3) is 0.667. The number of hydrogen-bond donors (Lipinski definition) is 1. The lowest BCUT2D eigenvalue weighted by atomic mass is 10.2. The third-order valence-corrected chi connectivity index (χ3v) is 4.45. The van der Waals surface area contributed by atoms with Crippen molar-refractivity contribution in [2.75, 3.05) is 38.0 Å². The molecule has 1 aliphatic heterocycles. The van der Waals surface area contributed by atoms with E-state index in [9.17, 15) is 9.59 Å². The lowest BCUT2D eigenvalue weighted by Crippen LogP contribution is -2.49. The van der Waals surface area contributed by atoms with Crippen LogP contribution >= 0.6 is 0 Å². The van der Waals surface area contributed by atoms with Crippen LogP contribution in [0.15, 0.2) is 10.6 Å². The molecule has 2 aliphatic rings. The summed E-state index contributed by atoms with van der Waals surface area (Å²) in [6.07, 6.45) is 0.634. The fourth-order valence-electron chi connectivity index (χ4n) is 2.92. The molecule has 22 heavy (non-hydrogen) atoms. The molecule has 7 heteroatoms. The highest BCUT2D eigenvalue weighted by atomic mass is 16.5. The quantitative estimate of drug-likeness (QED) is 0.887. The van der Waals surface area contributed by atoms with Crippen molar-refractivity contribution in [2.45, 2.75) is 20.3 Å². The molecular formula is C15H22N4O3. The largest absolute Gasteiger partial charge is 0.360 e. The number of amides is 2. The SMILES string of the molecule is CCN1CCN(C(=O)C2CC2C(=O)Nc2cc(C)on2)CC1. The Morgan fingerprint density at radius 2 is 2.05 bits per heavy atom. The first-order chi connectivity index (χ1) is 10.6. The second-order valence-electron chi connectivity index (χ2n) is 6.02. The number of carbonyl (C=O) groups is 2. The number of rotatable bonds is 4. The van der Waals surface area contributed by atoms with Crippen LogP contribution < -0.4 is 5.32 Å². The van der Waals surface area contributed by atoms with E-state index in [0.29, 0.717) is 18.0 Å². The lowest BCUT2D eigenvalue weighted by molar-refractivity contribution is -0.135. The minimum atomic E-state index is -0.228. The second-order valence-corrected chi connectivity index (χ2v) is 6.02. The number of carbonyl (C=O) groups excluding carboxylic acids is 2. The van der Waals surface area contributed by atoms with Crippen LogP contribution in [-0.2, 0) is 9.59 Å².